The Labute approximate surface area is 137 Å². The predicted molar refractivity (Wildman–Crippen MR) is 99.6 cm³/mol. The molecule has 22 heavy (non-hydrogen) atoms. The second kappa shape index (κ2) is 8.03. The molecule has 0 aromatic carbocycles. The third-order valence-electron chi connectivity index (χ3n) is 4.03. The zero-order valence-corrected chi connectivity index (χ0v) is 14.7. The smallest absolute Gasteiger partial charge is 0.0195 e. The Kier molecular flexibility index (Phi) is 6.67. The summed E-state index contributed by atoms with van der Waals surface area (Å²) in [4.78, 5) is 2.43. The maximum atomic E-state index is 4.28. The van der Waals surface area contributed by atoms with Gasteiger partial charge in [0.05, 0.1) is 0 Å². The molecule has 0 spiro atoms. The fraction of sp³-hybridized carbons (Fsp3) is 0.429. The van der Waals surface area contributed by atoms with E-state index in [-0.39, 0.29) is 5.41 Å². The first-order valence-electron chi connectivity index (χ1n) is 8.09. The van der Waals surface area contributed by atoms with Crippen LogP contribution in [-0.4, -0.2) is 18.0 Å². The Morgan fingerprint density at radius 3 is 2.55 bits per heavy atom. The first-order valence-corrected chi connectivity index (χ1v) is 8.09. The summed E-state index contributed by atoms with van der Waals surface area (Å²) in [5, 5.41) is 0. The minimum absolute atomic E-state index is 0.172. The van der Waals surface area contributed by atoms with Gasteiger partial charge in [-0.1, -0.05) is 77.8 Å². The van der Waals surface area contributed by atoms with Gasteiger partial charge >= 0.3 is 0 Å². The molecule has 0 amide bonds. The van der Waals surface area contributed by atoms with Crippen molar-refractivity contribution in [2.24, 2.45) is 11.3 Å². The summed E-state index contributed by atoms with van der Waals surface area (Å²) in [7, 11) is 0. The Hall–Kier alpha value is -1.76. The normalized spacial score (nSPS) is 18.5. The molecule has 0 aromatic rings. The summed E-state index contributed by atoms with van der Waals surface area (Å²) in [5.74, 6) is 0.672. The van der Waals surface area contributed by atoms with Crippen LogP contribution in [0.25, 0.3) is 0 Å². The third-order valence-corrected chi connectivity index (χ3v) is 4.03. The first-order chi connectivity index (χ1) is 10.3. The molecule has 0 atom stereocenters. The number of nitrogens with zero attached hydrogens (tertiary/aromatic N) is 1. The lowest BCUT2D eigenvalue weighted by Gasteiger charge is -2.38. The van der Waals surface area contributed by atoms with Crippen molar-refractivity contribution >= 4 is 0 Å². The van der Waals surface area contributed by atoms with Crippen LogP contribution < -0.4 is 0 Å². The van der Waals surface area contributed by atoms with Gasteiger partial charge in [-0.15, -0.1) is 0 Å². The molecule has 0 fully saturated rings. The van der Waals surface area contributed by atoms with E-state index in [1.807, 2.05) is 12.2 Å². The fourth-order valence-electron chi connectivity index (χ4n) is 2.72. The molecule has 1 heteroatoms. The van der Waals surface area contributed by atoms with Gasteiger partial charge in [0, 0.05) is 19.3 Å². The quantitative estimate of drug-likeness (QED) is 0.547. The molecule has 1 heterocycles. The summed E-state index contributed by atoms with van der Waals surface area (Å²) >= 11 is 0. The molecule has 1 aliphatic heterocycles. The lowest BCUT2D eigenvalue weighted by Crippen LogP contribution is -2.34. The zero-order chi connectivity index (χ0) is 16.8. The van der Waals surface area contributed by atoms with E-state index < -0.39 is 0 Å². The Balaban J connectivity index is 2.98. The van der Waals surface area contributed by atoms with Crippen LogP contribution in [0.5, 0.6) is 0 Å². The van der Waals surface area contributed by atoms with Crippen LogP contribution in [0.3, 0.4) is 0 Å². The van der Waals surface area contributed by atoms with Gasteiger partial charge in [-0.05, 0) is 34.5 Å². The Morgan fingerprint density at radius 2 is 2.00 bits per heavy atom. The summed E-state index contributed by atoms with van der Waals surface area (Å²) in [6, 6.07) is 0. The zero-order valence-electron chi connectivity index (χ0n) is 14.7. The van der Waals surface area contributed by atoms with E-state index >= 15 is 0 Å². The van der Waals surface area contributed by atoms with Crippen molar-refractivity contribution in [3.05, 3.63) is 73.0 Å². The van der Waals surface area contributed by atoms with Gasteiger partial charge in [-0.3, -0.25) is 0 Å². The number of hydrogen-bond donors (Lipinski definition) is 0. The van der Waals surface area contributed by atoms with Crippen LogP contribution in [0.2, 0.25) is 0 Å². The van der Waals surface area contributed by atoms with Crippen molar-refractivity contribution in [3.8, 4) is 0 Å². The van der Waals surface area contributed by atoms with Crippen LogP contribution >= 0.6 is 0 Å². The second-order valence-electron chi connectivity index (χ2n) is 7.03. The lowest BCUT2D eigenvalue weighted by molar-refractivity contribution is 0.246. The van der Waals surface area contributed by atoms with E-state index in [0.717, 1.165) is 30.7 Å². The van der Waals surface area contributed by atoms with Crippen LogP contribution in [0.4, 0.5) is 0 Å². The van der Waals surface area contributed by atoms with Crippen molar-refractivity contribution in [1.29, 1.82) is 0 Å². The largest absolute Gasteiger partial charge is 0.377 e. The standard InChI is InChI=1S/C21H31N/c1-8-10-19(9-2)12-11-18(5)20-16-22(15-17(3)4)14-13-21(20,6)7/h8-12,16-17H,1-2,5,13-15H2,3-4,6-7H3/b12-11+,19-10+. The van der Waals surface area contributed by atoms with Crippen molar-refractivity contribution in [2.45, 2.75) is 34.1 Å². The Bertz CT molecular complexity index is 512. The van der Waals surface area contributed by atoms with Gasteiger partial charge in [-0.25, -0.2) is 0 Å². The highest BCUT2D eigenvalue weighted by molar-refractivity contribution is 5.45. The van der Waals surface area contributed by atoms with Crippen molar-refractivity contribution in [2.75, 3.05) is 13.1 Å². The van der Waals surface area contributed by atoms with Crippen LogP contribution in [0.1, 0.15) is 34.1 Å². The highest BCUT2D eigenvalue weighted by Gasteiger charge is 2.29. The van der Waals surface area contributed by atoms with E-state index in [1.54, 1.807) is 6.08 Å². The average molecular weight is 297 g/mol. The monoisotopic (exact) mass is 297 g/mol. The molecule has 0 radical (unpaired) electrons. The molecule has 0 saturated carbocycles. The first kappa shape index (κ1) is 18.3. The summed E-state index contributed by atoms with van der Waals surface area (Å²) in [5.41, 5.74) is 3.63. The molecule has 0 saturated heterocycles. The maximum Gasteiger partial charge on any atom is 0.0195 e. The molecule has 1 rings (SSSR count). The van der Waals surface area contributed by atoms with E-state index in [2.05, 4.69) is 70.7 Å². The summed E-state index contributed by atoms with van der Waals surface area (Å²) in [6.45, 7) is 23.2. The molecular formula is C21H31N. The number of rotatable bonds is 7. The molecule has 0 N–H and O–H groups in total. The maximum absolute atomic E-state index is 4.28. The average Bonchev–Trinajstić information content (AvgIpc) is 2.44. The molecule has 1 aliphatic rings. The molecule has 1 nitrogen and oxygen atoms in total. The minimum atomic E-state index is 0.172. The van der Waals surface area contributed by atoms with Gasteiger partial charge < -0.3 is 4.90 Å². The third kappa shape index (κ3) is 5.22. The van der Waals surface area contributed by atoms with Crippen molar-refractivity contribution in [1.82, 2.24) is 4.90 Å². The second-order valence-corrected chi connectivity index (χ2v) is 7.03. The van der Waals surface area contributed by atoms with Gasteiger partial charge in [0.2, 0.25) is 0 Å². The summed E-state index contributed by atoms with van der Waals surface area (Å²) in [6.07, 6.45) is 13.2. The topological polar surface area (TPSA) is 3.24 Å². The van der Waals surface area contributed by atoms with Crippen LogP contribution in [0, 0.1) is 11.3 Å². The van der Waals surface area contributed by atoms with E-state index in [4.69, 9.17) is 0 Å². The number of allylic oxidation sites excluding steroid dienone is 8. The molecule has 0 aliphatic carbocycles. The van der Waals surface area contributed by atoms with E-state index in [0.29, 0.717) is 5.92 Å². The molecule has 0 aromatic heterocycles. The fourth-order valence-corrected chi connectivity index (χ4v) is 2.72. The molecule has 0 bridgehead atoms. The SMILES string of the molecule is C=C/C=C(C=C)/C=C/C(=C)C1=CN(CC(C)C)CCC1(C)C. The predicted octanol–water partition coefficient (Wildman–Crippen LogP) is 5.67. The lowest BCUT2D eigenvalue weighted by atomic mass is 9.76. The molecular weight excluding hydrogens is 266 g/mol. The van der Waals surface area contributed by atoms with Crippen molar-refractivity contribution < 1.29 is 0 Å². The van der Waals surface area contributed by atoms with Crippen LogP contribution in [-0.2, 0) is 0 Å². The highest BCUT2D eigenvalue weighted by atomic mass is 15.1. The van der Waals surface area contributed by atoms with Gasteiger partial charge in [0.15, 0.2) is 0 Å². The summed E-state index contributed by atoms with van der Waals surface area (Å²) < 4.78 is 0. The van der Waals surface area contributed by atoms with Crippen molar-refractivity contribution in [3.63, 3.8) is 0 Å². The minimum Gasteiger partial charge on any atom is -0.377 e. The van der Waals surface area contributed by atoms with Crippen LogP contribution in [0.15, 0.2) is 73.0 Å². The van der Waals surface area contributed by atoms with Gasteiger partial charge in [-0.2, -0.15) is 0 Å². The van der Waals surface area contributed by atoms with Gasteiger partial charge in [0.1, 0.15) is 0 Å². The van der Waals surface area contributed by atoms with E-state index in [9.17, 15) is 0 Å². The van der Waals surface area contributed by atoms with E-state index in [1.165, 1.54) is 5.57 Å². The highest BCUT2D eigenvalue weighted by Crippen LogP contribution is 2.38. The number of hydrogen-bond acceptors (Lipinski definition) is 1. The van der Waals surface area contributed by atoms with Gasteiger partial charge in [0.25, 0.3) is 0 Å². The molecule has 0 unspecified atom stereocenters. The Morgan fingerprint density at radius 1 is 1.32 bits per heavy atom. The molecule has 120 valence electrons.